The van der Waals surface area contributed by atoms with Gasteiger partial charge in [-0.25, -0.2) is 9.18 Å². The average Bonchev–Trinajstić information content (AvgIpc) is 2.72. The normalized spacial score (nSPS) is 11.7. The number of hydrogen-bond donors (Lipinski definition) is 1. The van der Waals surface area contributed by atoms with Crippen LogP contribution in [0.2, 0.25) is 0 Å². The zero-order chi connectivity index (χ0) is 22.1. The Labute approximate surface area is 174 Å². The van der Waals surface area contributed by atoms with Gasteiger partial charge in [-0.2, -0.15) is 0 Å². The van der Waals surface area contributed by atoms with Crippen molar-refractivity contribution in [2.75, 3.05) is 12.4 Å². The summed E-state index contributed by atoms with van der Waals surface area (Å²) in [7, 11) is 1.36. The Morgan fingerprint density at radius 1 is 1.13 bits per heavy atom. The summed E-state index contributed by atoms with van der Waals surface area (Å²) >= 11 is 0. The number of hydrogen-bond acceptors (Lipinski definition) is 5. The van der Waals surface area contributed by atoms with Gasteiger partial charge in [0, 0.05) is 23.7 Å². The van der Waals surface area contributed by atoms with Gasteiger partial charge >= 0.3 is 5.97 Å². The first-order valence-electron chi connectivity index (χ1n) is 9.50. The van der Waals surface area contributed by atoms with Crippen LogP contribution in [0.3, 0.4) is 0 Å². The van der Waals surface area contributed by atoms with Crippen LogP contribution in [0.1, 0.15) is 42.6 Å². The minimum atomic E-state index is -1.00. The molecule has 0 aliphatic carbocycles. The number of carbonyl (C=O) groups excluding carboxylic acids is 3. The molecule has 0 heterocycles. The fourth-order valence-corrected chi connectivity index (χ4v) is 2.62. The maximum absolute atomic E-state index is 13.7. The Bertz CT molecular complexity index is 937. The number of Topliss-reactive ketones (excluding diaryl/α,β-unsaturated/α-hetero) is 1. The highest BCUT2D eigenvalue weighted by molar-refractivity contribution is 6.01. The summed E-state index contributed by atoms with van der Waals surface area (Å²) in [6, 6.07) is 10.6. The second-order valence-corrected chi connectivity index (χ2v) is 6.55. The monoisotopic (exact) mass is 413 g/mol. The predicted octanol–water partition coefficient (Wildman–Crippen LogP) is 4.40. The number of amides is 1. The van der Waals surface area contributed by atoms with E-state index in [0.29, 0.717) is 23.2 Å². The lowest BCUT2D eigenvalue weighted by molar-refractivity contribution is -0.140. The molecule has 0 aliphatic heterocycles. The first kappa shape index (κ1) is 22.8. The quantitative estimate of drug-likeness (QED) is 0.374. The van der Waals surface area contributed by atoms with Crippen molar-refractivity contribution in [2.45, 2.75) is 32.8 Å². The van der Waals surface area contributed by atoms with Crippen molar-refractivity contribution in [3.63, 3.8) is 0 Å². The number of anilines is 1. The van der Waals surface area contributed by atoms with Crippen LogP contribution in [0.4, 0.5) is 10.1 Å². The molecule has 1 atom stereocenters. The van der Waals surface area contributed by atoms with E-state index in [-0.39, 0.29) is 17.4 Å². The molecule has 7 heteroatoms. The van der Waals surface area contributed by atoms with Crippen molar-refractivity contribution in [3.05, 3.63) is 65.5 Å². The summed E-state index contributed by atoms with van der Waals surface area (Å²) in [5.74, 6) is -1.65. The largest absolute Gasteiger partial charge is 0.494 e. The molecule has 2 aromatic rings. The molecule has 0 aliphatic rings. The van der Waals surface area contributed by atoms with E-state index in [1.54, 1.807) is 30.3 Å². The van der Waals surface area contributed by atoms with E-state index in [0.717, 1.165) is 12.5 Å². The number of benzene rings is 2. The molecule has 2 aromatic carbocycles. The number of rotatable bonds is 9. The smallest absolute Gasteiger partial charge is 0.331 e. The molecule has 2 rings (SSSR count). The lowest BCUT2D eigenvalue weighted by Gasteiger charge is -2.11. The summed E-state index contributed by atoms with van der Waals surface area (Å²) in [5.41, 5.74) is 1.39. The number of esters is 1. The molecule has 1 N–H and O–H groups in total. The molecule has 158 valence electrons. The topological polar surface area (TPSA) is 81.7 Å². The third-order valence-electron chi connectivity index (χ3n) is 4.18. The van der Waals surface area contributed by atoms with Crippen LogP contribution in [0.15, 0.2) is 48.5 Å². The van der Waals surface area contributed by atoms with Gasteiger partial charge < -0.3 is 14.8 Å². The van der Waals surface area contributed by atoms with E-state index in [9.17, 15) is 18.8 Å². The minimum absolute atomic E-state index is 0.0950. The Morgan fingerprint density at radius 2 is 1.83 bits per heavy atom. The van der Waals surface area contributed by atoms with Crippen molar-refractivity contribution < 1.29 is 28.2 Å². The van der Waals surface area contributed by atoms with Gasteiger partial charge in [0.25, 0.3) is 0 Å². The predicted molar refractivity (Wildman–Crippen MR) is 112 cm³/mol. The summed E-state index contributed by atoms with van der Waals surface area (Å²) < 4.78 is 23.6. The zero-order valence-electron chi connectivity index (χ0n) is 17.1. The highest BCUT2D eigenvalue weighted by atomic mass is 19.1. The van der Waals surface area contributed by atoms with Crippen LogP contribution in [-0.2, 0) is 14.3 Å². The van der Waals surface area contributed by atoms with Crippen molar-refractivity contribution in [1.82, 2.24) is 0 Å². The third kappa shape index (κ3) is 6.55. The summed E-state index contributed by atoms with van der Waals surface area (Å²) in [6.45, 7) is 3.38. The summed E-state index contributed by atoms with van der Waals surface area (Å²) in [6.07, 6.45) is 2.67. The van der Waals surface area contributed by atoms with Gasteiger partial charge in [0.1, 0.15) is 0 Å². The summed E-state index contributed by atoms with van der Waals surface area (Å²) in [4.78, 5) is 36.0. The minimum Gasteiger partial charge on any atom is -0.494 e. The van der Waals surface area contributed by atoms with Crippen molar-refractivity contribution in [2.24, 2.45) is 0 Å². The second-order valence-electron chi connectivity index (χ2n) is 6.55. The fraction of sp³-hybridized carbons (Fsp3) is 0.261. The van der Waals surface area contributed by atoms with E-state index in [2.05, 4.69) is 5.32 Å². The molecule has 0 saturated heterocycles. The van der Waals surface area contributed by atoms with E-state index in [1.807, 2.05) is 6.92 Å². The molecular formula is C23H24FNO5. The molecule has 30 heavy (non-hydrogen) atoms. The molecule has 0 unspecified atom stereocenters. The third-order valence-corrected chi connectivity index (χ3v) is 4.18. The van der Waals surface area contributed by atoms with Gasteiger partial charge in [0.05, 0.1) is 7.11 Å². The van der Waals surface area contributed by atoms with Crippen molar-refractivity contribution >= 4 is 29.4 Å². The van der Waals surface area contributed by atoms with E-state index in [1.165, 1.54) is 32.2 Å². The molecule has 0 bridgehead atoms. The zero-order valence-corrected chi connectivity index (χ0v) is 17.1. The fourth-order valence-electron chi connectivity index (χ4n) is 2.62. The number of ether oxygens (including phenoxy) is 2. The highest BCUT2D eigenvalue weighted by Gasteiger charge is 2.18. The van der Waals surface area contributed by atoms with E-state index >= 15 is 0 Å². The SMILES string of the molecule is CCCC(=O)Nc1ccc(C(=O)[C@H](C)OC(=O)/C=C/c2ccc(OC)c(F)c2)cc1. The first-order chi connectivity index (χ1) is 14.3. The lowest BCUT2D eigenvalue weighted by Crippen LogP contribution is -2.23. The number of nitrogens with one attached hydrogen (secondary N) is 1. The molecule has 0 saturated carbocycles. The highest BCUT2D eigenvalue weighted by Crippen LogP contribution is 2.18. The van der Waals surface area contributed by atoms with Crippen LogP contribution in [0, 0.1) is 5.82 Å². The molecule has 0 radical (unpaired) electrons. The van der Waals surface area contributed by atoms with Crippen LogP contribution < -0.4 is 10.1 Å². The summed E-state index contributed by atoms with van der Waals surface area (Å²) in [5, 5.41) is 2.73. The van der Waals surface area contributed by atoms with Gasteiger partial charge in [0.15, 0.2) is 17.7 Å². The van der Waals surface area contributed by atoms with Crippen molar-refractivity contribution in [3.8, 4) is 5.75 Å². The van der Waals surface area contributed by atoms with E-state index < -0.39 is 17.9 Å². The molecule has 0 aromatic heterocycles. The number of methoxy groups -OCH3 is 1. The van der Waals surface area contributed by atoms with Gasteiger partial charge in [-0.15, -0.1) is 0 Å². The van der Waals surface area contributed by atoms with E-state index in [4.69, 9.17) is 9.47 Å². The van der Waals surface area contributed by atoms with Crippen LogP contribution in [0.25, 0.3) is 6.08 Å². The van der Waals surface area contributed by atoms with Gasteiger partial charge in [-0.1, -0.05) is 13.0 Å². The lowest BCUT2D eigenvalue weighted by atomic mass is 10.1. The van der Waals surface area contributed by atoms with Crippen molar-refractivity contribution in [1.29, 1.82) is 0 Å². The number of halogens is 1. The maximum Gasteiger partial charge on any atom is 0.331 e. The van der Waals surface area contributed by atoms with Crippen LogP contribution in [-0.4, -0.2) is 30.9 Å². The standard InChI is InChI=1S/C23H24FNO5/c1-4-5-21(26)25-18-10-8-17(9-11-18)23(28)15(2)30-22(27)13-7-16-6-12-20(29-3)19(24)14-16/h6-15H,4-5H2,1-3H3,(H,25,26)/b13-7+/t15-/m0/s1. The maximum atomic E-state index is 13.7. The molecule has 0 fully saturated rings. The Hall–Kier alpha value is -3.48. The van der Waals surface area contributed by atoms with Gasteiger partial charge in [-0.3, -0.25) is 9.59 Å². The molecular weight excluding hydrogens is 389 g/mol. The first-order valence-corrected chi connectivity index (χ1v) is 9.50. The van der Waals surface area contributed by atoms with Crippen LogP contribution in [0.5, 0.6) is 5.75 Å². The molecule has 6 nitrogen and oxygen atoms in total. The Morgan fingerprint density at radius 3 is 2.43 bits per heavy atom. The molecule has 0 spiro atoms. The second kappa shape index (κ2) is 10.9. The van der Waals surface area contributed by atoms with Gasteiger partial charge in [-0.05, 0) is 61.4 Å². The Kier molecular flexibility index (Phi) is 8.29. The average molecular weight is 413 g/mol. The van der Waals surface area contributed by atoms with Gasteiger partial charge in [0.2, 0.25) is 11.7 Å². The number of carbonyl (C=O) groups is 3. The molecule has 1 amide bonds. The van der Waals surface area contributed by atoms with Crippen LogP contribution >= 0.6 is 0 Å². The number of ketones is 1. The Balaban J connectivity index is 1.93.